The summed E-state index contributed by atoms with van der Waals surface area (Å²) in [6.45, 7) is 4.61. The van der Waals surface area contributed by atoms with Crippen LogP contribution in [-0.4, -0.2) is 30.5 Å². The van der Waals surface area contributed by atoms with Crippen LogP contribution >= 0.6 is 0 Å². The summed E-state index contributed by atoms with van der Waals surface area (Å²) in [5.74, 6) is 1.33. The smallest absolute Gasteiger partial charge is 0.164 e. The van der Waals surface area contributed by atoms with Gasteiger partial charge in [-0.15, -0.1) is 0 Å². The van der Waals surface area contributed by atoms with E-state index in [0.717, 1.165) is 19.5 Å². The molecule has 1 aromatic heterocycles. The van der Waals surface area contributed by atoms with E-state index in [0.29, 0.717) is 30.3 Å². The van der Waals surface area contributed by atoms with Gasteiger partial charge in [-0.2, -0.15) is 0 Å². The fourth-order valence-electron chi connectivity index (χ4n) is 1.74. The van der Waals surface area contributed by atoms with Crippen LogP contribution in [0.2, 0.25) is 0 Å². The van der Waals surface area contributed by atoms with Gasteiger partial charge in [-0.1, -0.05) is 6.92 Å². The van der Waals surface area contributed by atoms with Gasteiger partial charge in [-0.25, -0.2) is 0 Å². The van der Waals surface area contributed by atoms with Gasteiger partial charge in [0.05, 0.1) is 12.8 Å². The largest absolute Gasteiger partial charge is 0.492 e. The summed E-state index contributed by atoms with van der Waals surface area (Å²) in [6, 6.07) is 1.79. The van der Waals surface area contributed by atoms with Gasteiger partial charge in [-0.3, -0.25) is 9.78 Å². The zero-order chi connectivity index (χ0) is 12.1. The summed E-state index contributed by atoms with van der Waals surface area (Å²) >= 11 is 0. The lowest BCUT2D eigenvalue weighted by molar-refractivity contribution is 0.0944. The third-order valence-electron chi connectivity index (χ3n) is 2.85. The van der Waals surface area contributed by atoms with Gasteiger partial charge in [0.15, 0.2) is 5.78 Å². The number of hydrogen-bond donors (Lipinski definition) is 1. The van der Waals surface area contributed by atoms with E-state index >= 15 is 0 Å². The molecule has 2 heterocycles. The van der Waals surface area contributed by atoms with Crippen LogP contribution in [0.4, 0.5) is 0 Å². The molecule has 1 aliphatic heterocycles. The van der Waals surface area contributed by atoms with E-state index in [1.54, 1.807) is 18.5 Å². The quantitative estimate of drug-likeness (QED) is 0.761. The fraction of sp³-hybridized carbons (Fsp3) is 0.538. The minimum Gasteiger partial charge on any atom is -0.492 e. The van der Waals surface area contributed by atoms with E-state index in [9.17, 15) is 4.79 Å². The van der Waals surface area contributed by atoms with E-state index < -0.39 is 0 Å². The Kier molecular flexibility index (Phi) is 4.09. The molecule has 1 aliphatic rings. The van der Waals surface area contributed by atoms with Crippen LogP contribution in [0.15, 0.2) is 18.5 Å². The maximum atomic E-state index is 12.0. The number of nitrogens with zero attached hydrogens (tertiary/aromatic N) is 1. The summed E-state index contributed by atoms with van der Waals surface area (Å²) in [7, 11) is 0. The molecular formula is C13H18N2O2. The highest BCUT2D eigenvalue weighted by Crippen LogP contribution is 2.17. The molecule has 2 rings (SSSR count). The number of nitrogens with one attached hydrogen (secondary N) is 1. The van der Waals surface area contributed by atoms with Crippen LogP contribution in [0.3, 0.4) is 0 Å². The predicted octanol–water partition coefficient (Wildman–Crippen LogP) is 1.66. The molecule has 0 saturated carbocycles. The molecule has 4 nitrogen and oxygen atoms in total. The Labute approximate surface area is 101 Å². The van der Waals surface area contributed by atoms with E-state index in [1.807, 2.05) is 6.92 Å². The monoisotopic (exact) mass is 234 g/mol. The molecule has 1 aromatic rings. The first-order valence-electron chi connectivity index (χ1n) is 6.11. The highest BCUT2D eigenvalue weighted by atomic mass is 16.5. The van der Waals surface area contributed by atoms with Crippen molar-refractivity contribution in [2.75, 3.05) is 19.7 Å². The number of pyridine rings is 1. The average Bonchev–Trinajstić information content (AvgIpc) is 2.31. The van der Waals surface area contributed by atoms with Gasteiger partial charge in [-0.05, 0) is 31.5 Å². The zero-order valence-corrected chi connectivity index (χ0v) is 10.1. The Bertz CT molecular complexity index is 389. The van der Waals surface area contributed by atoms with Gasteiger partial charge >= 0.3 is 0 Å². The maximum absolute atomic E-state index is 12.0. The topological polar surface area (TPSA) is 51.2 Å². The van der Waals surface area contributed by atoms with Crippen molar-refractivity contribution in [3.05, 3.63) is 24.0 Å². The van der Waals surface area contributed by atoms with Gasteiger partial charge in [0.25, 0.3) is 0 Å². The Morgan fingerprint density at radius 3 is 3.00 bits per heavy atom. The Hall–Kier alpha value is -1.42. The van der Waals surface area contributed by atoms with Crippen LogP contribution < -0.4 is 10.1 Å². The van der Waals surface area contributed by atoms with Crippen molar-refractivity contribution in [1.29, 1.82) is 0 Å². The molecule has 1 saturated heterocycles. The van der Waals surface area contributed by atoms with Crippen molar-refractivity contribution in [3.8, 4) is 5.75 Å². The minimum absolute atomic E-state index is 0.158. The summed E-state index contributed by atoms with van der Waals surface area (Å²) < 4.78 is 5.46. The lowest BCUT2D eigenvalue weighted by Gasteiger charge is -2.26. The number of hydrogen-bond acceptors (Lipinski definition) is 4. The van der Waals surface area contributed by atoms with Crippen molar-refractivity contribution < 1.29 is 9.53 Å². The molecule has 0 unspecified atom stereocenters. The summed E-state index contributed by atoms with van der Waals surface area (Å²) in [6.07, 6.45) is 4.82. The van der Waals surface area contributed by atoms with Crippen LogP contribution in [0, 0.1) is 5.92 Å². The lowest BCUT2D eigenvalue weighted by atomic mass is 9.94. The highest BCUT2D eigenvalue weighted by molar-refractivity contribution is 5.96. The molecule has 4 heteroatoms. The van der Waals surface area contributed by atoms with Crippen molar-refractivity contribution in [3.63, 3.8) is 0 Å². The highest BCUT2D eigenvalue weighted by Gasteiger charge is 2.21. The van der Waals surface area contributed by atoms with E-state index in [4.69, 9.17) is 4.74 Å². The molecule has 1 N–H and O–H groups in total. The number of ketones is 1. The third kappa shape index (κ3) is 3.27. The molecule has 0 bridgehead atoms. The lowest BCUT2D eigenvalue weighted by Crippen LogP contribution is -2.42. The van der Waals surface area contributed by atoms with Gasteiger partial charge in [0.2, 0.25) is 0 Å². The molecule has 17 heavy (non-hydrogen) atoms. The normalized spacial score (nSPS) is 15.4. The predicted molar refractivity (Wildman–Crippen MR) is 65.3 cm³/mol. The van der Waals surface area contributed by atoms with Crippen molar-refractivity contribution in [2.45, 2.75) is 19.8 Å². The minimum atomic E-state index is 0.158. The second-order valence-corrected chi connectivity index (χ2v) is 4.41. The molecule has 0 aliphatic carbocycles. The Balaban J connectivity index is 1.96. The standard InChI is InChI=1S/C13H18N2O2/c1-2-3-17-12-5-11(8-15-9-12)13(16)4-10-6-14-7-10/h5,8-10,14H,2-4,6-7H2,1H3. The van der Waals surface area contributed by atoms with Gasteiger partial charge in [0, 0.05) is 18.2 Å². The van der Waals surface area contributed by atoms with E-state index in [2.05, 4.69) is 10.3 Å². The second kappa shape index (κ2) is 5.77. The maximum Gasteiger partial charge on any atom is 0.164 e. The zero-order valence-electron chi connectivity index (χ0n) is 10.1. The van der Waals surface area contributed by atoms with Crippen molar-refractivity contribution >= 4 is 5.78 Å². The second-order valence-electron chi connectivity index (χ2n) is 4.41. The van der Waals surface area contributed by atoms with Crippen molar-refractivity contribution in [1.82, 2.24) is 10.3 Å². The van der Waals surface area contributed by atoms with Crippen molar-refractivity contribution in [2.24, 2.45) is 5.92 Å². The first-order valence-corrected chi connectivity index (χ1v) is 6.11. The summed E-state index contributed by atoms with van der Waals surface area (Å²) in [4.78, 5) is 16.0. The average molecular weight is 234 g/mol. The van der Waals surface area contributed by atoms with E-state index in [1.165, 1.54) is 0 Å². The molecule has 0 spiro atoms. The summed E-state index contributed by atoms with van der Waals surface area (Å²) in [5.41, 5.74) is 0.658. The number of carbonyl (C=O) groups is 1. The van der Waals surface area contributed by atoms with E-state index in [-0.39, 0.29) is 5.78 Å². The first-order chi connectivity index (χ1) is 8.29. The first kappa shape index (κ1) is 12.0. The Morgan fingerprint density at radius 1 is 1.53 bits per heavy atom. The van der Waals surface area contributed by atoms with Gasteiger partial charge < -0.3 is 10.1 Å². The number of carbonyl (C=O) groups excluding carboxylic acids is 1. The van der Waals surface area contributed by atoms with Crippen LogP contribution in [0.25, 0.3) is 0 Å². The number of aromatic nitrogens is 1. The molecule has 1 fully saturated rings. The van der Waals surface area contributed by atoms with Crippen LogP contribution in [0.1, 0.15) is 30.1 Å². The SMILES string of the molecule is CCCOc1cncc(C(=O)CC2CNC2)c1. The summed E-state index contributed by atoms with van der Waals surface area (Å²) in [5, 5.41) is 3.16. The molecule has 0 aromatic carbocycles. The third-order valence-corrected chi connectivity index (χ3v) is 2.85. The molecular weight excluding hydrogens is 216 g/mol. The molecule has 92 valence electrons. The number of rotatable bonds is 6. The van der Waals surface area contributed by atoms with Gasteiger partial charge in [0.1, 0.15) is 5.75 Å². The molecule has 0 amide bonds. The molecule has 0 radical (unpaired) electrons. The number of ether oxygens (including phenoxy) is 1. The van der Waals surface area contributed by atoms with Crippen LogP contribution in [-0.2, 0) is 0 Å². The van der Waals surface area contributed by atoms with Crippen LogP contribution in [0.5, 0.6) is 5.75 Å². The number of Topliss-reactive ketones (excluding diaryl/α,β-unsaturated/α-hetero) is 1. The fourth-order valence-corrected chi connectivity index (χ4v) is 1.74. The Morgan fingerprint density at radius 2 is 2.35 bits per heavy atom. The molecule has 0 atom stereocenters.